The fourth-order valence-corrected chi connectivity index (χ4v) is 9.40. The Hall–Kier alpha value is -5.25. The molecule has 3 aliphatic rings. The Morgan fingerprint density at radius 2 is 1.42 bits per heavy atom. The molecule has 10 rings (SSSR count). The van der Waals surface area contributed by atoms with Gasteiger partial charge in [0.25, 0.3) is 0 Å². The summed E-state index contributed by atoms with van der Waals surface area (Å²) in [4.78, 5) is 5.35. The van der Waals surface area contributed by atoms with Crippen molar-refractivity contribution < 1.29 is 0 Å². The predicted octanol–water partition coefficient (Wildman–Crippen LogP) is 12.6. The summed E-state index contributed by atoms with van der Waals surface area (Å²) >= 11 is 1.90. The molecule has 3 aliphatic carbocycles. The number of benzene rings is 4. The van der Waals surface area contributed by atoms with Crippen LogP contribution in [0.2, 0.25) is 0 Å². The zero-order valence-corrected chi connectivity index (χ0v) is 27.6. The molecule has 0 fully saturated rings. The molecular formula is C45H34N2S. The standard InChI is InChI=1S/C45H34N2S/c1-2-11-29(12-3-1)30-21-23-31(24-22-30)38-28-44(46-40-18-7-4-13-34(38)40)47-41-19-8-5-14-35(41)39-27-32(25-26-42(39)47)33-16-10-17-37-36-15-6-9-20-43(36)48-45(33)37/h1-2,4-7,9-11,13-18,20-21,23,25-28H,3,8,12,19,22,24H2. The van der Waals surface area contributed by atoms with E-state index in [-0.39, 0.29) is 0 Å². The molecule has 0 saturated heterocycles. The van der Waals surface area contributed by atoms with Crippen LogP contribution in [-0.2, 0) is 6.42 Å². The van der Waals surface area contributed by atoms with Crippen LogP contribution in [0, 0.1) is 0 Å². The average molecular weight is 635 g/mol. The summed E-state index contributed by atoms with van der Waals surface area (Å²) < 4.78 is 5.16. The molecule has 48 heavy (non-hydrogen) atoms. The number of para-hydroxylation sites is 1. The quantitative estimate of drug-likeness (QED) is 0.188. The third kappa shape index (κ3) is 4.42. The summed E-state index contributed by atoms with van der Waals surface area (Å²) in [6, 6.07) is 33.7. The molecular weight excluding hydrogens is 601 g/mol. The van der Waals surface area contributed by atoms with Crippen molar-refractivity contribution in [2.45, 2.75) is 38.5 Å². The summed E-state index contributed by atoms with van der Waals surface area (Å²) in [5.74, 6) is 1.01. The maximum Gasteiger partial charge on any atom is 0.138 e. The predicted molar refractivity (Wildman–Crippen MR) is 206 cm³/mol. The van der Waals surface area contributed by atoms with Crippen molar-refractivity contribution in [1.29, 1.82) is 0 Å². The van der Waals surface area contributed by atoms with Crippen LogP contribution in [0.4, 0.5) is 0 Å². The first-order valence-electron chi connectivity index (χ1n) is 17.2. The maximum atomic E-state index is 5.35. The Morgan fingerprint density at radius 1 is 0.604 bits per heavy atom. The highest BCUT2D eigenvalue weighted by molar-refractivity contribution is 7.26. The lowest BCUT2D eigenvalue weighted by Crippen LogP contribution is -2.06. The van der Waals surface area contributed by atoms with Crippen molar-refractivity contribution >= 4 is 65.0 Å². The smallest absolute Gasteiger partial charge is 0.138 e. The summed E-state index contributed by atoms with van der Waals surface area (Å²) in [5, 5.41) is 5.21. The Morgan fingerprint density at radius 3 is 2.31 bits per heavy atom. The molecule has 0 radical (unpaired) electrons. The van der Waals surface area contributed by atoms with Crippen LogP contribution < -0.4 is 0 Å². The zero-order chi connectivity index (χ0) is 31.6. The van der Waals surface area contributed by atoms with Gasteiger partial charge in [-0.05, 0) is 102 Å². The van der Waals surface area contributed by atoms with E-state index in [9.17, 15) is 0 Å². The van der Waals surface area contributed by atoms with Gasteiger partial charge < -0.3 is 0 Å². The van der Waals surface area contributed by atoms with E-state index < -0.39 is 0 Å². The van der Waals surface area contributed by atoms with E-state index in [0.29, 0.717) is 0 Å². The topological polar surface area (TPSA) is 17.8 Å². The zero-order valence-electron chi connectivity index (χ0n) is 26.7. The molecule has 7 aromatic rings. The number of aromatic nitrogens is 2. The first-order chi connectivity index (χ1) is 23.8. The number of thiophene rings is 1. The van der Waals surface area contributed by atoms with E-state index in [4.69, 9.17) is 4.98 Å². The van der Waals surface area contributed by atoms with Crippen LogP contribution >= 0.6 is 11.3 Å². The van der Waals surface area contributed by atoms with Crippen molar-refractivity contribution in [3.63, 3.8) is 0 Å². The molecule has 0 amide bonds. The molecule has 0 saturated carbocycles. The van der Waals surface area contributed by atoms with Crippen LogP contribution in [-0.4, -0.2) is 9.55 Å². The normalized spacial score (nSPS) is 16.0. The molecule has 4 aromatic carbocycles. The van der Waals surface area contributed by atoms with Gasteiger partial charge in [0.05, 0.1) is 11.0 Å². The second kappa shape index (κ2) is 11.2. The minimum Gasteiger partial charge on any atom is -0.298 e. The van der Waals surface area contributed by atoms with Crippen LogP contribution in [0.1, 0.15) is 48.9 Å². The lowest BCUT2D eigenvalue weighted by Gasteiger charge is -2.20. The summed E-state index contributed by atoms with van der Waals surface area (Å²) in [6.45, 7) is 0. The van der Waals surface area contributed by atoms with E-state index in [1.165, 1.54) is 81.1 Å². The Bertz CT molecular complexity index is 2620. The summed E-state index contributed by atoms with van der Waals surface area (Å²) in [7, 11) is 0. The van der Waals surface area contributed by atoms with Crippen molar-refractivity contribution in [2.75, 3.05) is 0 Å². The lowest BCUT2D eigenvalue weighted by molar-refractivity contribution is 0.873. The van der Waals surface area contributed by atoms with Gasteiger partial charge in [0.15, 0.2) is 0 Å². The van der Waals surface area contributed by atoms with Gasteiger partial charge in [-0.3, -0.25) is 4.57 Å². The third-order valence-electron chi connectivity index (χ3n) is 10.5. The number of hydrogen-bond acceptors (Lipinski definition) is 2. The summed E-state index contributed by atoms with van der Waals surface area (Å²) in [5.41, 5.74) is 13.2. The monoisotopic (exact) mass is 634 g/mol. The molecule has 3 aromatic heterocycles. The molecule has 2 nitrogen and oxygen atoms in total. The van der Waals surface area contributed by atoms with E-state index in [0.717, 1.165) is 49.9 Å². The minimum atomic E-state index is 1.00. The SMILES string of the molecule is C1=CCCC(C2=CC=C(c3cc(-n4c5c(c6cc(-c7cccc8c7sc7ccccc78)ccc64)C=CCC5)nc4ccccc34)CC2)=C1. The molecule has 0 unspecified atom stereocenters. The highest BCUT2D eigenvalue weighted by atomic mass is 32.1. The fraction of sp³-hybridized carbons (Fsp3) is 0.133. The molecule has 3 heteroatoms. The largest absolute Gasteiger partial charge is 0.298 e. The molecule has 0 bridgehead atoms. The molecule has 0 N–H and O–H groups in total. The first-order valence-corrected chi connectivity index (χ1v) is 18.0. The molecule has 0 atom stereocenters. The van der Waals surface area contributed by atoms with Crippen LogP contribution in [0.3, 0.4) is 0 Å². The van der Waals surface area contributed by atoms with E-state index in [1.54, 1.807) is 0 Å². The van der Waals surface area contributed by atoms with Gasteiger partial charge in [0.1, 0.15) is 5.82 Å². The Labute approximate surface area is 284 Å². The molecule has 230 valence electrons. The number of rotatable bonds is 4. The van der Waals surface area contributed by atoms with Crippen LogP contribution in [0.15, 0.2) is 139 Å². The van der Waals surface area contributed by atoms with Crippen molar-refractivity contribution in [1.82, 2.24) is 9.55 Å². The van der Waals surface area contributed by atoms with Gasteiger partial charge in [0, 0.05) is 42.2 Å². The van der Waals surface area contributed by atoms with E-state index in [2.05, 4.69) is 138 Å². The number of nitrogens with zero attached hydrogens (tertiary/aromatic N) is 2. The van der Waals surface area contributed by atoms with Gasteiger partial charge >= 0.3 is 0 Å². The number of fused-ring (bicyclic) bond motifs is 7. The average Bonchev–Trinajstić information content (AvgIpc) is 3.70. The molecule has 0 aliphatic heterocycles. The second-order valence-electron chi connectivity index (χ2n) is 13.2. The Balaban J connectivity index is 1.15. The van der Waals surface area contributed by atoms with E-state index >= 15 is 0 Å². The van der Waals surface area contributed by atoms with Gasteiger partial charge in [-0.1, -0.05) is 103 Å². The van der Waals surface area contributed by atoms with Gasteiger partial charge in [-0.2, -0.15) is 0 Å². The molecule has 3 heterocycles. The molecule has 0 spiro atoms. The van der Waals surface area contributed by atoms with Gasteiger partial charge in [-0.25, -0.2) is 4.98 Å². The number of allylic oxidation sites excluding steroid dienone is 9. The highest BCUT2D eigenvalue weighted by Gasteiger charge is 2.23. The lowest BCUT2D eigenvalue weighted by atomic mass is 9.86. The fourth-order valence-electron chi connectivity index (χ4n) is 8.17. The van der Waals surface area contributed by atoms with Gasteiger partial charge in [-0.15, -0.1) is 11.3 Å². The second-order valence-corrected chi connectivity index (χ2v) is 14.3. The number of hydrogen-bond donors (Lipinski definition) is 0. The van der Waals surface area contributed by atoms with Gasteiger partial charge in [0.2, 0.25) is 0 Å². The first kappa shape index (κ1) is 27.8. The van der Waals surface area contributed by atoms with Crippen molar-refractivity contribution in [3.8, 4) is 16.9 Å². The van der Waals surface area contributed by atoms with E-state index in [1.807, 2.05) is 11.3 Å². The third-order valence-corrected chi connectivity index (χ3v) is 11.7. The minimum absolute atomic E-state index is 1.00. The van der Waals surface area contributed by atoms with Crippen LogP contribution in [0.25, 0.3) is 70.6 Å². The highest BCUT2D eigenvalue weighted by Crippen LogP contribution is 2.43. The van der Waals surface area contributed by atoms with Crippen molar-refractivity contribution in [2.24, 2.45) is 0 Å². The number of pyridine rings is 1. The van der Waals surface area contributed by atoms with Crippen LogP contribution in [0.5, 0.6) is 0 Å². The Kier molecular flexibility index (Phi) is 6.48. The summed E-state index contributed by atoms with van der Waals surface area (Å²) in [6.07, 6.45) is 22.7. The van der Waals surface area contributed by atoms with Crippen molar-refractivity contribution in [3.05, 3.63) is 155 Å². The maximum absolute atomic E-state index is 5.35.